The van der Waals surface area contributed by atoms with E-state index < -0.39 is 103 Å². The van der Waals surface area contributed by atoms with Crippen LogP contribution in [0.5, 0.6) is 0 Å². The van der Waals surface area contributed by atoms with Crippen molar-refractivity contribution in [2.75, 3.05) is 20.8 Å². The molecule has 65 heavy (non-hydrogen) atoms. The fourth-order valence-corrected chi connectivity index (χ4v) is 14.6. The summed E-state index contributed by atoms with van der Waals surface area (Å²) in [4.78, 5) is 65.0. The molecule has 0 aromatic rings. The number of aliphatic hydroxyl groups excluding tert-OH is 2. The van der Waals surface area contributed by atoms with E-state index in [1.165, 1.54) is 19.6 Å². The minimum absolute atomic E-state index is 0.0400. The summed E-state index contributed by atoms with van der Waals surface area (Å²) >= 11 is 0. The fourth-order valence-electron chi connectivity index (χ4n) is 14.6. The van der Waals surface area contributed by atoms with E-state index in [1.54, 1.807) is 0 Å². The molecule has 5 aliphatic carbocycles. The van der Waals surface area contributed by atoms with Gasteiger partial charge in [-0.15, -0.1) is 0 Å². The molecule has 0 spiro atoms. The molecule has 0 radical (unpaired) electrons. The average Bonchev–Trinajstić information content (AvgIpc) is 3.22. The zero-order valence-electron chi connectivity index (χ0n) is 40.5. The minimum Gasteiger partial charge on any atom is -0.469 e. The van der Waals surface area contributed by atoms with Gasteiger partial charge in [0, 0.05) is 20.8 Å². The molecule has 4 saturated carbocycles. The molecular formula is C49H74O16. The van der Waals surface area contributed by atoms with Gasteiger partial charge in [-0.1, -0.05) is 60.1 Å². The quantitative estimate of drug-likeness (QED) is 0.127. The molecule has 0 aromatic carbocycles. The highest BCUT2D eigenvalue weighted by molar-refractivity contribution is 5.79. The summed E-state index contributed by atoms with van der Waals surface area (Å²) in [6.45, 7) is 19.5. The van der Waals surface area contributed by atoms with Gasteiger partial charge in [0.15, 0.2) is 37.0 Å². The van der Waals surface area contributed by atoms with Gasteiger partial charge < -0.3 is 52.8 Å². The maximum atomic E-state index is 13.8. The first kappa shape index (κ1) is 49.7. The van der Waals surface area contributed by atoms with Crippen molar-refractivity contribution >= 4 is 29.8 Å². The summed E-state index contributed by atoms with van der Waals surface area (Å²) in [5, 5.41) is 21.3. The molecule has 366 valence electrons. The lowest BCUT2D eigenvalue weighted by Crippen LogP contribution is -2.67. The second kappa shape index (κ2) is 17.7. The van der Waals surface area contributed by atoms with Crippen molar-refractivity contribution in [2.45, 2.75) is 195 Å². The predicted octanol–water partition coefficient (Wildman–Crippen LogP) is 5.50. The highest BCUT2D eigenvalue weighted by Crippen LogP contribution is 2.76. The summed E-state index contributed by atoms with van der Waals surface area (Å²) in [6, 6.07) is 0. The Morgan fingerprint density at radius 1 is 0.692 bits per heavy atom. The van der Waals surface area contributed by atoms with Crippen LogP contribution in [0.2, 0.25) is 0 Å². The third kappa shape index (κ3) is 8.35. The molecule has 0 amide bonds. The molecule has 2 saturated heterocycles. The second-order valence-electron chi connectivity index (χ2n) is 22.4. The number of esters is 5. The van der Waals surface area contributed by atoms with E-state index in [4.69, 9.17) is 42.6 Å². The molecule has 0 bridgehead atoms. The number of carbonyl (C=O) groups is 5. The lowest BCUT2D eigenvalue weighted by molar-refractivity contribution is -0.358. The van der Waals surface area contributed by atoms with Gasteiger partial charge in [-0.3, -0.25) is 19.2 Å². The summed E-state index contributed by atoms with van der Waals surface area (Å²) in [6.07, 6.45) is -3.19. The van der Waals surface area contributed by atoms with Crippen LogP contribution in [0.3, 0.4) is 0 Å². The molecule has 7 rings (SSSR count). The molecule has 16 heteroatoms. The van der Waals surface area contributed by atoms with Gasteiger partial charge >= 0.3 is 29.8 Å². The Morgan fingerprint density at radius 3 is 1.95 bits per heavy atom. The molecule has 2 aliphatic heterocycles. The second-order valence-corrected chi connectivity index (χ2v) is 22.4. The number of hydrogen-bond acceptors (Lipinski definition) is 16. The van der Waals surface area contributed by atoms with Gasteiger partial charge in [-0.2, -0.15) is 0 Å². The van der Waals surface area contributed by atoms with Crippen LogP contribution in [0.4, 0.5) is 0 Å². The van der Waals surface area contributed by atoms with Gasteiger partial charge in [0.25, 0.3) is 0 Å². The zero-order valence-corrected chi connectivity index (χ0v) is 40.5. The topological polar surface area (TPSA) is 209 Å². The van der Waals surface area contributed by atoms with Crippen LogP contribution in [0, 0.1) is 50.2 Å². The number of ether oxygens (including phenoxy) is 9. The third-order valence-electron chi connectivity index (χ3n) is 18.0. The van der Waals surface area contributed by atoms with E-state index in [0.717, 1.165) is 78.7 Å². The number of fused-ring (bicyclic) bond motifs is 7. The Balaban J connectivity index is 1.20. The maximum absolute atomic E-state index is 13.8. The van der Waals surface area contributed by atoms with Crippen LogP contribution < -0.4 is 0 Å². The Labute approximate surface area is 383 Å². The van der Waals surface area contributed by atoms with Crippen molar-refractivity contribution in [1.29, 1.82) is 0 Å². The molecule has 2 heterocycles. The van der Waals surface area contributed by atoms with Gasteiger partial charge in [0.1, 0.15) is 18.3 Å². The monoisotopic (exact) mass is 918 g/mol. The van der Waals surface area contributed by atoms with Crippen LogP contribution in [-0.4, -0.2) is 122 Å². The van der Waals surface area contributed by atoms with Crippen molar-refractivity contribution < 1.29 is 76.8 Å². The largest absolute Gasteiger partial charge is 0.469 e. The molecule has 7 aliphatic rings. The molecule has 16 nitrogen and oxygen atoms in total. The first-order valence-corrected chi connectivity index (χ1v) is 23.6. The van der Waals surface area contributed by atoms with Crippen LogP contribution >= 0.6 is 0 Å². The molecule has 6 fully saturated rings. The lowest BCUT2D eigenvalue weighted by atomic mass is 9.33. The molecule has 1 unspecified atom stereocenters. The van der Waals surface area contributed by atoms with Crippen molar-refractivity contribution in [3.05, 3.63) is 11.6 Å². The molecule has 2 N–H and O–H groups in total. The molecular weight excluding hydrogens is 845 g/mol. The zero-order chi connectivity index (χ0) is 47.8. The summed E-state index contributed by atoms with van der Waals surface area (Å²) in [5.41, 5.74) is 0.344. The van der Waals surface area contributed by atoms with Crippen molar-refractivity contribution in [3.8, 4) is 0 Å². The van der Waals surface area contributed by atoms with Crippen LogP contribution in [-0.2, 0) is 66.6 Å². The van der Waals surface area contributed by atoms with Crippen LogP contribution in [0.1, 0.15) is 133 Å². The first-order chi connectivity index (χ1) is 30.3. The normalized spacial score (nSPS) is 45.1. The van der Waals surface area contributed by atoms with E-state index in [9.17, 15) is 34.2 Å². The van der Waals surface area contributed by atoms with Crippen molar-refractivity contribution in [1.82, 2.24) is 0 Å². The van der Waals surface area contributed by atoms with Gasteiger partial charge in [-0.05, 0) is 109 Å². The molecule has 0 aromatic heterocycles. The Hall–Kier alpha value is -3.15. The average molecular weight is 919 g/mol. The summed E-state index contributed by atoms with van der Waals surface area (Å²) in [7, 11) is 2.68. The van der Waals surface area contributed by atoms with E-state index in [-0.39, 0.29) is 39.5 Å². The number of carbonyl (C=O) groups excluding carboxylic acids is 5. The standard InChI is InChI=1S/C49H74O16/c1-25(50)60-35-34(54)30(53)24-59-41(35)64-37-36(61-26(2)51)38(40(55)57-11)65-42(39(37)62-27(3)52)63-33-16-17-46(8)31(45(33,6)7)15-18-48(10)32(46)14-13-28-29-23-44(4,5)19-21-49(29,43(56)58-12)22-20-47(28,48)9/h13,29-39,41-42,53-54H,14-24H2,1-12H3/t29-,30-,31?,32+,33-,34-,35+,36-,37-,38-,39+,41-,42+,46-,47+,48+,49-/m0/s1. The molecule has 17 atom stereocenters. The van der Waals surface area contributed by atoms with E-state index >= 15 is 0 Å². The number of rotatable bonds is 9. The third-order valence-corrected chi connectivity index (χ3v) is 18.0. The van der Waals surface area contributed by atoms with Crippen LogP contribution in [0.15, 0.2) is 11.6 Å². The Morgan fingerprint density at radius 2 is 1.32 bits per heavy atom. The Bertz CT molecular complexity index is 1900. The predicted molar refractivity (Wildman–Crippen MR) is 230 cm³/mol. The number of aliphatic hydroxyl groups is 2. The van der Waals surface area contributed by atoms with Gasteiger partial charge in [0.2, 0.25) is 0 Å². The van der Waals surface area contributed by atoms with Gasteiger partial charge in [-0.25, -0.2) is 4.79 Å². The SMILES string of the molecule is COC(=O)[C@H]1O[C@@H](O[C@H]2CC[C@@]3(C)C(CC[C@]4(C)[C@@H]3CC=C3[C@@H]5CC(C)(C)CC[C@]5(C(=O)OC)CC[C@]34C)C2(C)C)[C@H](OC(C)=O)[C@@H](O[C@@H]2OC[C@H](O)[C@H](O)[C@H]2OC(C)=O)[C@@H]1OC(C)=O. The van der Waals surface area contributed by atoms with E-state index in [1.807, 2.05) is 0 Å². The van der Waals surface area contributed by atoms with Crippen molar-refractivity contribution in [3.63, 3.8) is 0 Å². The van der Waals surface area contributed by atoms with Gasteiger partial charge in [0.05, 0.1) is 32.3 Å². The fraction of sp³-hybridized carbons (Fsp3) is 0.857. The summed E-state index contributed by atoms with van der Waals surface area (Å²) in [5.74, 6) is -2.74. The van der Waals surface area contributed by atoms with E-state index in [2.05, 4.69) is 54.5 Å². The smallest absolute Gasteiger partial charge is 0.339 e. The lowest BCUT2D eigenvalue weighted by Gasteiger charge is -2.71. The summed E-state index contributed by atoms with van der Waals surface area (Å²) < 4.78 is 53.0. The van der Waals surface area contributed by atoms with Crippen LogP contribution in [0.25, 0.3) is 0 Å². The van der Waals surface area contributed by atoms with Crippen molar-refractivity contribution in [2.24, 2.45) is 50.2 Å². The number of methoxy groups -OCH3 is 2. The highest BCUT2D eigenvalue weighted by atomic mass is 16.8. The number of allylic oxidation sites excluding steroid dienone is 2. The van der Waals surface area contributed by atoms with E-state index in [0.29, 0.717) is 12.3 Å². The highest BCUT2D eigenvalue weighted by Gasteiger charge is 2.70. The number of hydrogen-bond donors (Lipinski definition) is 2. The first-order valence-electron chi connectivity index (χ1n) is 23.6. The minimum atomic E-state index is -1.64. The Kier molecular flexibility index (Phi) is 13.6. The maximum Gasteiger partial charge on any atom is 0.339 e.